The number of nitrogens with zero attached hydrogens (tertiary/aromatic N) is 1. The molecule has 0 spiro atoms. The first kappa shape index (κ1) is 17.0. The third-order valence-electron chi connectivity index (χ3n) is 3.90. The van der Waals surface area contributed by atoms with Gasteiger partial charge in [0.05, 0.1) is 11.0 Å². The monoisotopic (exact) mass is 337 g/mol. The molecule has 0 saturated carbocycles. The van der Waals surface area contributed by atoms with Crippen molar-refractivity contribution in [3.05, 3.63) is 47.5 Å². The van der Waals surface area contributed by atoms with Crippen molar-refractivity contribution in [2.75, 3.05) is 5.32 Å². The molecule has 0 atom stereocenters. The minimum atomic E-state index is -0.519. The van der Waals surface area contributed by atoms with Crippen LogP contribution >= 0.6 is 0 Å². The Labute approximate surface area is 147 Å². The van der Waals surface area contributed by atoms with E-state index in [1.165, 1.54) is 11.1 Å². The molecule has 0 fully saturated rings. The number of benzene rings is 2. The summed E-state index contributed by atoms with van der Waals surface area (Å²) in [5.41, 5.74) is 5.56. The van der Waals surface area contributed by atoms with Crippen LogP contribution in [0.3, 0.4) is 0 Å². The SMILES string of the molecule is Cc1cc2nc(-c3ccc(NC(=O)OC(C)(C)C)cc3)[nH]c2cc1C. The zero-order valence-electron chi connectivity index (χ0n) is 15.2. The van der Waals surface area contributed by atoms with Crippen LogP contribution in [-0.2, 0) is 4.74 Å². The Balaban J connectivity index is 1.79. The van der Waals surface area contributed by atoms with Crippen LogP contribution in [0.1, 0.15) is 31.9 Å². The highest BCUT2D eigenvalue weighted by molar-refractivity contribution is 5.85. The molecule has 2 aromatic carbocycles. The van der Waals surface area contributed by atoms with E-state index in [1.807, 2.05) is 45.0 Å². The molecule has 0 aliphatic rings. The molecular weight excluding hydrogens is 314 g/mol. The number of aromatic nitrogens is 2. The van der Waals surface area contributed by atoms with Crippen molar-refractivity contribution in [1.82, 2.24) is 9.97 Å². The Morgan fingerprint density at radius 1 is 1.08 bits per heavy atom. The standard InChI is InChI=1S/C20H23N3O2/c1-12-10-16-17(11-13(12)2)23-18(22-16)14-6-8-15(9-7-14)21-19(24)25-20(3,4)5/h6-11H,1-5H3,(H,21,24)(H,22,23). The van der Waals surface area contributed by atoms with Gasteiger partial charge < -0.3 is 9.72 Å². The van der Waals surface area contributed by atoms with Gasteiger partial charge in [-0.2, -0.15) is 0 Å². The summed E-state index contributed by atoms with van der Waals surface area (Å²) in [4.78, 5) is 19.8. The third-order valence-corrected chi connectivity index (χ3v) is 3.90. The van der Waals surface area contributed by atoms with E-state index in [0.717, 1.165) is 22.4 Å². The second kappa shape index (κ2) is 6.24. The van der Waals surface area contributed by atoms with E-state index in [2.05, 4.69) is 41.3 Å². The van der Waals surface area contributed by atoms with E-state index in [4.69, 9.17) is 4.74 Å². The van der Waals surface area contributed by atoms with Crippen molar-refractivity contribution in [3.63, 3.8) is 0 Å². The molecular formula is C20H23N3O2. The molecule has 2 N–H and O–H groups in total. The molecule has 1 heterocycles. The largest absolute Gasteiger partial charge is 0.444 e. The lowest BCUT2D eigenvalue weighted by molar-refractivity contribution is 0.0636. The van der Waals surface area contributed by atoms with Crippen LogP contribution in [0.15, 0.2) is 36.4 Å². The molecule has 5 heteroatoms. The molecule has 0 unspecified atom stereocenters. The number of imidazole rings is 1. The van der Waals surface area contributed by atoms with Gasteiger partial charge in [0.1, 0.15) is 11.4 Å². The highest BCUT2D eigenvalue weighted by Gasteiger charge is 2.16. The van der Waals surface area contributed by atoms with E-state index in [9.17, 15) is 4.79 Å². The summed E-state index contributed by atoms with van der Waals surface area (Å²) in [6.45, 7) is 9.68. The maximum Gasteiger partial charge on any atom is 0.412 e. The van der Waals surface area contributed by atoms with Crippen molar-refractivity contribution in [1.29, 1.82) is 0 Å². The Morgan fingerprint density at radius 2 is 1.72 bits per heavy atom. The van der Waals surface area contributed by atoms with Crippen molar-refractivity contribution in [2.45, 2.75) is 40.2 Å². The summed E-state index contributed by atoms with van der Waals surface area (Å²) >= 11 is 0. The number of aryl methyl sites for hydroxylation is 2. The number of carbonyl (C=O) groups excluding carboxylic acids is 1. The predicted molar refractivity (Wildman–Crippen MR) is 101 cm³/mol. The van der Waals surface area contributed by atoms with Gasteiger partial charge in [0.2, 0.25) is 0 Å². The number of rotatable bonds is 2. The Morgan fingerprint density at radius 3 is 2.36 bits per heavy atom. The summed E-state index contributed by atoms with van der Waals surface area (Å²) in [6, 6.07) is 11.7. The van der Waals surface area contributed by atoms with Gasteiger partial charge >= 0.3 is 6.09 Å². The smallest absolute Gasteiger partial charge is 0.412 e. The van der Waals surface area contributed by atoms with Crippen LogP contribution in [0.5, 0.6) is 0 Å². The quantitative estimate of drug-likeness (QED) is 0.676. The Bertz CT molecular complexity index is 880. The van der Waals surface area contributed by atoms with E-state index in [-0.39, 0.29) is 0 Å². The van der Waals surface area contributed by atoms with Gasteiger partial charge in [-0.1, -0.05) is 0 Å². The van der Waals surface area contributed by atoms with E-state index >= 15 is 0 Å². The first-order valence-corrected chi connectivity index (χ1v) is 8.29. The number of fused-ring (bicyclic) bond motifs is 1. The summed E-state index contributed by atoms with van der Waals surface area (Å²) in [6.07, 6.45) is -0.463. The van der Waals surface area contributed by atoms with Gasteiger partial charge in [-0.25, -0.2) is 9.78 Å². The number of carbonyl (C=O) groups is 1. The van der Waals surface area contributed by atoms with Crippen molar-refractivity contribution >= 4 is 22.8 Å². The molecule has 0 saturated heterocycles. The van der Waals surface area contributed by atoms with Crippen LogP contribution in [0.4, 0.5) is 10.5 Å². The molecule has 5 nitrogen and oxygen atoms in total. The molecule has 0 aliphatic carbocycles. The van der Waals surface area contributed by atoms with Gasteiger partial charge in [-0.05, 0) is 82.1 Å². The number of amides is 1. The zero-order chi connectivity index (χ0) is 18.2. The molecule has 25 heavy (non-hydrogen) atoms. The zero-order valence-corrected chi connectivity index (χ0v) is 15.2. The maximum absolute atomic E-state index is 11.8. The Hall–Kier alpha value is -2.82. The number of anilines is 1. The van der Waals surface area contributed by atoms with Crippen molar-refractivity contribution in [2.24, 2.45) is 0 Å². The molecule has 1 amide bonds. The number of ether oxygens (including phenoxy) is 1. The second-order valence-electron chi connectivity index (χ2n) is 7.24. The molecule has 130 valence electrons. The van der Waals surface area contributed by atoms with Crippen LogP contribution < -0.4 is 5.32 Å². The van der Waals surface area contributed by atoms with E-state index < -0.39 is 11.7 Å². The lowest BCUT2D eigenvalue weighted by Crippen LogP contribution is -2.27. The van der Waals surface area contributed by atoms with Gasteiger partial charge in [-0.15, -0.1) is 0 Å². The molecule has 0 bridgehead atoms. The van der Waals surface area contributed by atoms with Crippen LogP contribution in [0, 0.1) is 13.8 Å². The first-order chi connectivity index (χ1) is 11.7. The van der Waals surface area contributed by atoms with Crippen LogP contribution in [0.2, 0.25) is 0 Å². The molecule has 3 rings (SSSR count). The fourth-order valence-electron chi connectivity index (χ4n) is 2.54. The number of H-pyrrole nitrogens is 1. The topological polar surface area (TPSA) is 67.0 Å². The van der Waals surface area contributed by atoms with Gasteiger partial charge in [0.15, 0.2) is 0 Å². The normalized spacial score (nSPS) is 11.6. The molecule has 1 aromatic heterocycles. The second-order valence-corrected chi connectivity index (χ2v) is 7.24. The first-order valence-electron chi connectivity index (χ1n) is 8.29. The summed E-state index contributed by atoms with van der Waals surface area (Å²) in [5.74, 6) is 0.809. The van der Waals surface area contributed by atoms with E-state index in [1.54, 1.807) is 0 Å². The predicted octanol–water partition coefficient (Wildman–Crippen LogP) is 5.19. The number of hydrogen-bond acceptors (Lipinski definition) is 3. The minimum absolute atomic E-state index is 0.463. The van der Waals surface area contributed by atoms with Crippen molar-refractivity contribution < 1.29 is 9.53 Å². The van der Waals surface area contributed by atoms with E-state index in [0.29, 0.717) is 5.69 Å². The highest BCUT2D eigenvalue weighted by Crippen LogP contribution is 2.24. The molecule has 0 aliphatic heterocycles. The number of aromatic amines is 1. The summed E-state index contributed by atoms with van der Waals surface area (Å²) < 4.78 is 5.25. The average Bonchev–Trinajstić information content (AvgIpc) is 2.89. The lowest BCUT2D eigenvalue weighted by atomic mass is 10.1. The third kappa shape index (κ3) is 3.99. The maximum atomic E-state index is 11.8. The average molecular weight is 337 g/mol. The Kier molecular flexibility index (Phi) is 4.25. The summed E-state index contributed by atoms with van der Waals surface area (Å²) in [7, 11) is 0. The fourth-order valence-corrected chi connectivity index (χ4v) is 2.54. The van der Waals surface area contributed by atoms with Gasteiger partial charge in [0, 0.05) is 11.3 Å². The van der Waals surface area contributed by atoms with Crippen LogP contribution in [0.25, 0.3) is 22.4 Å². The fraction of sp³-hybridized carbons (Fsp3) is 0.300. The highest BCUT2D eigenvalue weighted by atomic mass is 16.6. The molecule has 0 radical (unpaired) electrons. The number of nitrogens with one attached hydrogen (secondary N) is 2. The van der Waals surface area contributed by atoms with Gasteiger partial charge in [-0.3, -0.25) is 5.32 Å². The van der Waals surface area contributed by atoms with Crippen LogP contribution in [-0.4, -0.2) is 21.7 Å². The van der Waals surface area contributed by atoms with Gasteiger partial charge in [0.25, 0.3) is 0 Å². The molecule has 3 aromatic rings. The lowest BCUT2D eigenvalue weighted by Gasteiger charge is -2.19. The number of hydrogen-bond donors (Lipinski definition) is 2. The summed E-state index contributed by atoms with van der Waals surface area (Å²) in [5, 5.41) is 2.73. The van der Waals surface area contributed by atoms with Crippen molar-refractivity contribution in [3.8, 4) is 11.4 Å². The minimum Gasteiger partial charge on any atom is -0.444 e.